The number of benzene rings is 2. The number of ether oxygens (including phenoxy) is 1. The number of hydrogen-bond donors (Lipinski definition) is 1. The molecule has 1 N–H and O–H groups in total. The molecule has 0 atom stereocenters. The second kappa shape index (κ2) is 13.7. The quantitative estimate of drug-likeness (QED) is 0.141. The van der Waals surface area contributed by atoms with Crippen molar-refractivity contribution in [2.75, 3.05) is 0 Å². The Bertz CT molecular complexity index is 1910. The maximum absolute atomic E-state index is 13.3. The number of pyridine rings is 2. The van der Waals surface area contributed by atoms with Crippen LogP contribution in [0.25, 0.3) is 22.2 Å². The van der Waals surface area contributed by atoms with Crippen molar-refractivity contribution >= 4 is 28.6 Å². The minimum absolute atomic E-state index is 0.178. The molecule has 5 rings (SSSR count). The highest BCUT2D eigenvalue weighted by Crippen LogP contribution is 2.44. The number of carbonyl (C=O) groups is 1. The van der Waals surface area contributed by atoms with Crippen molar-refractivity contribution in [2.24, 2.45) is 5.41 Å². The van der Waals surface area contributed by atoms with Crippen LogP contribution in [0.2, 0.25) is 0 Å². The second-order valence-corrected chi connectivity index (χ2v) is 15.4. The van der Waals surface area contributed by atoms with Gasteiger partial charge in [0.1, 0.15) is 12.4 Å². The van der Waals surface area contributed by atoms with Gasteiger partial charge in [0.15, 0.2) is 0 Å². The van der Waals surface area contributed by atoms with Gasteiger partial charge in [-0.1, -0.05) is 58.0 Å². The number of halogens is 3. The lowest BCUT2D eigenvalue weighted by molar-refractivity contribution is -0.147. The van der Waals surface area contributed by atoms with E-state index in [1.807, 2.05) is 48.7 Å². The monoisotopic (exact) mass is 675 g/mol. The highest BCUT2D eigenvalue weighted by Gasteiger charge is 2.33. The summed E-state index contributed by atoms with van der Waals surface area (Å²) in [5, 5.41) is 11.1. The van der Waals surface area contributed by atoms with E-state index in [0.29, 0.717) is 24.5 Å². The smallest absolute Gasteiger partial charge is 0.416 e. The molecule has 0 aliphatic carbocycles. The van der Waals surface area contributed by atoms with Crippen LogP contribution in [-0.4, -0.2) is 30.4 Å². The van der Waals surface area contributed by atoms with Crippen molar-refractivity contribution in [3.8, 4) is 17.0 Å². The van der Waals surface area contributed by atoms with Gasteiger partial charge in [0.2, 0.25) is 0 Å². The predicted octanol–water partition coefficient (Wildman–Crippen LogP) is 9.85. The molecule has 5 aromatic rings. The molecule has 0 bridgehead atoms. The molecule has 0 spiro atoms. The molecule has 0 fully saturated rings. The molecule has 48 heavy (non-hydrogen) atoms. The summed E-state index contributed by atoms with van der Waals surface area (Å²) in [5.41, 5.74) is 3.72. The molecule has 0 unspecified atom stereocenters. The van der Waals surface area contributed by atoms with Gasteiger partial charge in [0.05, 0.1) is 22.4 Å². The average molecular weight is 676 g/mol. The van der Waals surface area contributed by atoms with E-state index in [-0.39, 0.29) is 16.9 Å². The maximum atomic E-state index is 13.3. The summed E-state index contributed by atoms with van der Waals surface area (Å²) in [7, 11) is 0. The van der Waals surface area contributed by atoms with E-state index < -0.39 is 23.1 Å². The summed E-state index contributed by atoms with van der Waals surface area (Å²) in [4.78, 5) is 22.0. The third-order valence-corrected chi connectivity index (χ3v) is 9.32. The first-order chi connectivity index (χ1) is 22.5. The van der Waals surface area contributed by atoms with Crippen LogP contribution in [0.15, 0.2) is 84.0 Å². The van der Waals surface area contributed by atoms with Gasteiger partial charge in [-0.05, 0) is 67.8 Å². The van der Waals surface area contributed by atoms with E-state index in [1.165, 1.54) is 6.20 Å². The summed E-state index contributed by atoms with van der Waals surface area (Å²) in [6.45, 7) is 12.6. The number of rotatable bonds is 11. The predicted molar refractivity (Wildman–Crippen MR) is 184 cm³/mol. The van der Waals surface area contributed by atoms with E-state index in [9.17, 15) is 23.1 Å². The van der Waals surface area contributed by atoms with Crippen molar-refractivity contribution in [3.05, 3.63) is 107 Å². The molecular weight excluding hydrogens is 635 g/mol. The number of alkyl halides is 3. The molecule has 0 saturated heterocycles. The molecule has 10 heteroatoms. The zero-order valence-electron chi connectivity index (χ0n) is 28.0. The van der Waals surface area contributed by atoms with Crippen molar-refractivity contribution < 1.29 is 27.8 Å². The second-order valence-electron chi connectivity index (χ2n) is 13.5. The highest BCUT2D eigenvalue weighted by molar-refractivity contribution is 8.00. The summed E-state index contributed by atoms with van der Waals surface area (Å²) >= 11 is 1.69. The third-order valence-electron chi connectivity index (χ3n) is 8.05. The topological polar surface area (TPSA) is 77.2 Å². The summed E-state index contributed by atoms with van der Waals surface area (Å²) in [6, 6.07) is 19.2. The first-order valence-corrected chi connectivity index (χ1v) is 16.6. The first kappa shape index (κ1) is 35.0. The number of aromatic nitrogens is 3. The lowest BCUT2D eigenvalue weighted by Gasteiger charge is -2.24. The fourth-order valence-corrected chi connectivity index (χ4v) is 6.54. The maximum Gasteiger partial charge on any atom is 0.416 e. The molecule has 3 aromatic heterocycles. The Morgan fingerprint density at radius 2 is 1.62 bits per heavy atom. The number of hydrogen-bond acceptors (Lipinski definition) is 5. The van der Waals surface area contributed by atoms with Gasteiger partial charge in [-0.25, -0.2) is 0 Å². The van der Waals surface area contributed by atoms with E-state index in [2.05, 4.69) is 42.2 Å². The molecule has 0 radical (unpaired) electrons. The Morgan fingerprint density at radius 1 is 0.917 bits per heavy atom. The van der Waals surface area contributed by atoms with Gasteiger partial charge < -0.3 is 14.4 Å². The van der Waals surface area contributed by atoms with Crippen molar-refractivity contribution in [3.63, 3.8) is 0 Å². The Labute approximate surface area is 283 Å². The van der Waals surface area contributed by atoms with E-state index in [4.69, 9.17) is 4.74 Å². The Hall–Kier alpha value is -4.31. The van der Waals surface area contributed by atoms with Crippen molar-refractivity contribution in [2.45, 2.75) is 83.4 Å². The van der Waals surface area contributed by atoms with Crippen LogP contribution >= 0.6 is 11.8 Å². The van der Waals surface area contributed by atoms with Crippen LogP contribution in [-0.2, 0) is 37.0 Å². The normalized spacial score (nSPS) is 12.4. The van der Waals surface area contributed by atoms with Gasteiger partial charge in [0, 0.05) is 57.2 Å². The minimum atomic E-state index is -4.46. The third kappa shape index (κ3) is 8.21. The molecule has 252 valence electrons. The number of nitrogens with zero attached hydrogens (tertiary/aromatic N) is 3. The Balaban J connectivity index is 1.55. The Morgan fingerprint density at radius 3 is 2.23 bits per heavy atom. The highest BCUT2D eigenvalue weighted by atomic mass is 32.2. The van der Waals surface area contributed by atoms with Gasteiger partial charge in [-0.2, -0.15) is 13.2 Å². The van der Waals surface area contributed by atoms with Crippen LogP contribution in [0, 0.1) is 5.41 Å². The average Bonchev–Trinajstić information content (AvgIpc) is 3.29. The molecule has 0 aliphatic rings. The fraction of sp³-hybridized carbons (Fsp3) is 0.342. The largest absolute Gasteiger partial charge is 0.487 e. The van der Waals surface area contributed by atoms with E-state index >= 15 is 0 Å². The van der Waals surface area contributed by atoms with Crippen LogP contribution in [0.5, 0.6) is 5.75 Å². The number of aryl methyl sites for hydroxylation is 1. The fourth-order valence-electron chi connectivity index (χ4n) is 5.35. The molecule has 0 saturated carbocycles. The number of thioether (sulfide) groups is 1. The zero-order valence-corrected chi connectivity index (χ0v) is 28.8. The minimum Gasteiger partial charge on any atom is -0.487 e. The number of carboxylic acids is 1. The van der Waals surface area contributed by atoms with Crippen molar-refractivity contribution in [1.82, 2.24) is 14.5 Å². The van der Waals surface area contributed by atoms with Crippen molar-refractivity contribution in [1.29, 1.82) is 0 Å². The van der Waals surface area contributed by atoms with Crippen LogP contribution in [0.1, 0.15) is 69.6 Å². The molecule has 2 aromatic carbocycles. The number of fused-ring (bicyclic) bond motifs is 1. The van der Waals surface area contributed by atoms with Gasteiger partial charge in [-0.3, -0.25) is 14.8 Å². The molecular formula is C38H40F3N3O3S. The SMILES string of the molecule is CCc1ccc(COc2ccc3c(c2)c(SC(C)(C)C)c(CC(C)(C)C(=O)O)n3Cc2ccc(-c3cc(C(F)(F)F)ccn3)cc2)nc1. The van der Waals surface area contributed by atoms with Crippen LogP contribution < -0.4 is 4.74 Å². The lowest BCUT2D eigenvalue weighted by atomic mass is 9.88. The standard InChI is InChI=1S/C38H40F3N3O3S/c1-7-24-10-13-28(43-21-24)23-47-29-14-15-32-30(19-29)34(48-36(2,3)4)33(20-37(5,6)35(45)46)44(32)22-25-8-11-26(12-9-25)31-18-27(16-17-42-31)38(39,40)41/h8-19,21H,7,20,22-23H2,1-6H3,(H,45,46). The van der Waals surface area contributed by atoms with E-state index in [1.54, 1.807) is 37.7 Å². The van der Waals surface area contributed by atoms with Gasteiger partial charge in [0.25, 0.3) is 0 Å². The molecule has 0 aliphatic heterocycles. The molecule has 0 amide bonds. The number of carboxylic acid groups (broad SMARTS) is 1. The lowest BCUT2D eigenvalue weighted by Crippen LogP contribution is -2.28. The van der Waals surface area contributed by atoms with Gasteiger partial charge >= 0.3 is 12.1 Å². The number of aliphatic carboxylic acids is 1. The van der Waals surface area contributed by atoms with E-state index in [0.717, 1.165) is 56.9 Å². The Kier molecular flexibility index (Phi) is 9.97. The summed E-state index contributed by atoms with van der Waals surface area (Å²) in [6.07, 6.45) is -0.240. The summed E-state index contributed by atoms with van der Waals surface area (Å²) < 4.78 is 48.1. The molecule has 6 nitrogen and oxygen atoms in total. The zero-order chi connectivity index (χ0) is 34.9. The first-order valence-electron chi connectivity index (χ1n) is 15.8. The van der Waals surface area contributed by atoms with Gasteiger partial charge in [-0.15, -0.1) is 11.8 Å². The van der Waals surface area contributed by atoms with Crippen LogP contribution in [0.3, 0.4) is 0 Å². The molecule has 3 heterocycles. The van der Waals surface area contributed by atoms with Crippen LogP contribution in [0.4, 0.5) is 13.2 Å². The summed E-state index contributed by atoms with van der Waals surface area (Å²) in [5.74, 6) is -0.215.